The zero-order valence-corrected chi connectivity index (χ0v) is 14.5. The molecule has 4 rings (SSSR count). The van der Waals surface area contributed by atoms with Crippen LogP contribution < -0.4 is 10.2 Å². The second-order valence-electron chi connectivity index (χ2n) is 7.20. The zero-order chi connectivity index (χ0) is 17.6. The minimum atomic E-state index is -1.19. The lowest BCUT2D eigenvalue weighted by molar-refractivity contribution is -0.153. The van der Waals surface area contributed by atoms with E-state index in [9.17, 15) is 14.4 Å². The minimum Gasteiger partial charge on any atom is -0.367 e. The van der Waals surface area contributed by atoms with Crippen LogP contribution in [0.2, 0.25) is 0 Å². The van der Waals surface area contributed by atoms with Crippen LogP contribution in [0.25, 0.3) is 0 Å². The molecule has 3 aliphatic heterocycles. The Bertz CT molecular complexity index is 747. The molecular formula is C19H23N3O3. The van der Waals surface area contributed by atoms with E-state index in [4.69, 9.17) is 0 Å². The number of hydrogen-bond acceptors (Lipinski definition) is 4. The van der Waals surface area contributed by atoms with Crippen molar-refractivity contribution in [1.82, 2.24) is 10.2 Å². The first-order valence-electron chi connectivity index (χ1n) is 9.11. The van der Waals surface area contributed by atoms with E-state index in [1.807, 2.05) is 25.1 Å². The number of fused-ring (bicyclic) bond motifs is 4. The van der Waals surface area contributed by atoms with Gasteiger partial charge in [0, 0.05) is 18.8 Å². The number of barbiturate groups is 1. The average molecular weight is 341 g/mol. The van der Waals surface area contributed by atoms with Gasteiger partial charge in [0.1, 0.15) is 0 Å². The van der Waals surface area contributed by atoms with E-state index in [0.717, 1.165) is 43.5 Å². The van der Waals surface area contributed by atoms with E-state index < -0.39 is 17.4 Å². The van der Waals surface area contributed by atoms with E-state index in [0.29, 0.717) is 13.0 Å². The van der Waals surface area contributed by atoms with Gasteiger partial charge in [-0.15, -0.1) is 0 Å². The van der Waals surface area contributed by atoms with Crippen LogP contribution in [0.5, 0.6) is 0 Å². The number of imide groups is 2. The fourth-order valence-corrected chi connectivity index (χ4v) is 4.60. The number of unbranched alkanes of at least 4 members (excludes halogenated alkanes) is 1. The number of carbonyl (C=O) groups is 3. The molecule has 0 saturated carbocycles. The number of amides is 4. The lowest BCUT2D eigenvalue weighted by Crippen LogP contribution is -2.71. The summed E-state index contributed by atoms with van der Waals surface area (Å²) in [6.45, 7) is 3.22. The largest absolute Gasteiger partial charge is 0.367 e. The molecule has 6 nitrogen and oxygen atoms in total. The van der Waals surface area contributed by atoms with Gasteiger partial charge < -0.3 is 4.90 Å². The number of benzene rings is 1. The van der Waals surface area contributed by atoms with Crippen LogP contribution in [0.15, 0.2) is 24.3 Å². The number of nitrogens with one attached hydrogen (secondary N) is 1. The van der Waals surface area contributed by atoms with Gasteiger partial charge in [-0.2, -0.15) is 0 Å². The number of nitrogens with zero attached hydrogens (tertiary/aromatic N) is 2. The van der Waals surface area contributed by atoms with Crippen molar-refractivity contribution in [2.45, 2.75) is 45.1 Å². The minimum absolute atomic E-state index is 0.174. The molecule has 0 aliphatic carbocycles. The summed E-state index contributed by atoms with van der Waals surface area (Å²) in [5.74, 6) is -0.747. The molecule has 2 saturated heterocycles. The highest BCUT2D eigenvalue weighted by Gasteiger charge is 2.62. The highest BCUT2D eigenvalue weighted by atomic mass is 16.2. The van der Waals surface area contributed by atoms with Gasteiger partial charge in [0.25, 0.3) is 0 Å². The van der Waals surface area contributed by atoms with Crippen LogP contribution in [0.1, 0.15) is 38.2 Å². The van der Waals surface area contributed by atoms with E-state index in [1.165, 1.54) is 4.90 Å². The molecular weight excluding hydrogens is 318 g/mol. The van der Waals surface area contributed by atoms with E-state index >= 15 is 0 Å². The number of hydrogen-bond donors (Lipinski definition) is 1. The van der Waals surface area contributed by atoms with Gasteiger partial charge >= 0.3 is 6.03 Å². The standard InChI is InChI=1S/C19H23N3O3/c1-2-3-10-22-17(24)19(16(23)20-18(22)25)12-13-7-4-5-8-14(13)21-11-6-9-15(19)21/h4-5,7-8,15H,2-3,6,9-12H2,1H3,(H,20,23,25)/t15-,19+/m0/s1. The Balaban J connectivity index is 1.80. The van der Waals surface area contributed by atoms with Gasteiger partial charge in [0.15, 0.2) is 5.41 Å². The van der Waals surface area contributed by atoms with Crippen molar-refractivity contribution in [1.29, 1.82) is 0 Å². The summed E-state index contributed by atoms with van der Waals surface area (Å²) >= 11 is 0. The molecule has 1 aromatic rings. The fourth-order valence-electron chi connectivity index (χ4n) is 4.60. The molecule has 0 radical (unpaired) electrons. The third-order valence-corrected chi connectivity index (χ3v) is 5.82. The third-order valence-electron chi connectivity index (χ3n) is 5.82. The molecule has 6 heteroatoms. The maximum Gasteiger partial charge on any atom is 0.330 e. The normalized spacial score (nSPS) is 28.2. The van der Waals surface area contributed by atoms with Crippen molar-refractivity contribution < 1.29 is 14.4 Å². The molecule has 1 spiro atoms. The molecule has 0 bridgehead atoms. The fraction of sp³-hybridized carbons (Fsp3) is 0.526. The van der Waals surface area contributed by atoms with Crippen LogP contribution >= 0.6 is 0 Å². The number of urea groups is 1. The van der Waals surface area contributed by atoms with Gasteiger partial charge in [-0.1, -0.05) is 31.5 Å². The molecule has 132 valence electrons. The summed E-state index contributed by atoms with van der Waals surface area (Å²) in [4.78, 5) is 42.1. The Morgan fingerprint density at radius 3 is 2.84 bits per heavy atom. The van der Waals surface area contributed by atoms with Crippen molar-refractivity contribution in [2.24, 2.45) is 5.41 Å². The van der Waals surface area contributed by atoms with Gasteiger partial charge in [0.05, 0.1) is 6.04 Å². The first-order valence-corrected chi connectivity index (χ1v) is 9.11. The maximum absolute atomic E-state index is 13.4. The van der Waals surface area contributed by atoms with Gasteiger partial charge in [-0.3, -0.25) is 19.8 Å². The molecule has 0 aromatic heterocycles. The molecule has 2 fully saturated rings. The van der Waals surface area contributed by atoms with Crippen molar-refractivity contribution in [3.63, 3.8) is 0 Å². The first kappa shape index (κ1) is 16.1. The topological polar surface area (TPSA) is 69.7 Å². The molecule has 1 N–H and O–H groups in total. The highest BCUT2D eigenvalue weighted by Crippen LogP contribution is 2.48. The summed E-state index contributed by atoms with van der Waals surface area (Å²) < 4.78 is 0. The summed E-state index contributed by atoms with van der Waals surface area (Å²) in [6, 6.07) is 7.23. The van der Waals surface area contributed by atoms with Crippen molar-refractivity contribution in [3.8, 4) is 0 Å². The van der Waals surface area contributed by atoms with E-state index in [2.05, 4.69) is 16.3 Å². The lowest BCUT2D eigenvalue weighted by Gasteiger charge is -2.49. The summed E-state index contributed by atoms with van der Waals surface area (Å²) in [5, 5.41) is 2.47. The number of anilines is 1. The van der Waals surface area contributed by atoms with Gasteiger partial charge in [-0.05, 0) is 37.3 Å². The molecule has 3 aliphatic rings. The summed E-state index contributed by atoms with van der Waals surface area (Å²) in [5.41, 5.74) is 0.939. The summed E-state index contributed by atoms with van der Waals surface area (Å²) in [7, 11) is 0. The zero-order valence-electron chi connectivity index (χ0n) is 14.5. The molecule has 0 unspecified atom stereocenters. The molecule has 1 aromatic carbocycles. The summed E-state index contributed by atoms with van der Waals surface area (Å²) in [6.07, 6.45) is 3.74. The second-order valence-corrected chi connectivity index (χ2v) is 7.20. The molecule has 2 atom stereocenters. The number of rotatable bonds is 3. The average Bonchev–Trinajstić information content (AvgIpc) is 3.10. The van der Waals surface area contributed by atoms with Crippen LogP contribution in [0, 0.1) is 5.41 Å². The molecule has 4 amide bonds. The SMILES string of the molecule is CCCCN1C(=O)NC(=O)[C@]2(Cc3ccccc3N3CCC[C@H]32)C1=O. The van der Waals surface area contributed by atoms with Crippen LogP contribution in [-0.4, -0.2) is 41.9 Å². The molecule has 3 heterocycles. The first-order chi connectivity index (χ1) is 12.1. The Labute approximate surface area is 147 Å². The predicted molar refractivity (Wildman–Crippen MR) is 93.1 cm³/mol. The smallest absolute Gasteiger partial charge is 0.330 e. The van der Waals surface area contributed by atoms with Crippen LogP contribution in [0.4, 0.5) is 10.5 Å². The third kappa shape index (κ3) is 2.19. The van der Waals surface area contributed by atoms with Crippen molar-refractivity contribution in [2.75, 3.05) is 18.0 Å². The predicted octanol–water partition coefficient (Wildman–Crippen LogP) is 2.08. The number of para-hydroxylation sites is 1. The Hall–Kier alpha value is -2.37. The monoisotopic (exact) mass is 341 g/mol. The van der Waals surface area contributed by atoms with E-state index in [1.54, 1.807) is 0 Å². The quantitative estimate of drug-likeness (QED) is 0.855. The van der Waals surface area contributed by atoms with Gasteiger partial charge in [-0.25, -0.2) is 4.79 Å². The maximum atomic E-state index is 13.4. The second kappa shape index (κ2) is 5.86. The van der Waals surface area contributed by atoms with Crippen LogP contribution in [-0.2, 0) is 16.0 Å². The van der Waals surface area contributed by atoms with Crippen molar-refractivity contribution in [3.05, 3.63) is 29.8 Å². The molecule has 25 heavy (non-hydrogen) atoms. The Morgan fingerprint density at radius 1 is 1.24 bits per heavy atom. The van der Waals surface area contributed by atoms with E-state index in [-0.39, 0.29) is 11.9 Å². The Morgan fingerprint density at radius 2 is 2.04 bits per heavy atom. The van der Waals surface area contributed by atoms with Crippen LogP contribution in [0.3, 0.4) is 0 Å². The highest BCUT2D eigenvalue weighted by molar-refractivity contribution is 6.20. The van der Waals surface area contributed by atoms with Crippen molar-refractivity contribution >= 4 is 23.5 Å². The van der Waals surface area contributed by atoms with Gasteiger partial charge in [0.2, 0.25) is 11.8 Å². The Kier molecular flexibility index (Phi) is 3.78. The lowest BCUT2D eigenvalue weighted by atomic mass is 9.68. The number of carbonyl (C=O) groups excluding carboxylic acids is 3.